The van der Waals surface area contributed by atoms with Crippen LogP contribution in [0.15, 0.2) is 0 Å². The van der Waals surface area contributed by atoms with Crippen LogP contribution in [0.4, 0.5) is 0 Å². The lowest BCUT2D eigenvalue weighted by molar-refractivity contribution is -0.147. The second-order valence-electron chi connectivity index (χ2n) is 4.58. The molecule has 1 atom stereocenters. The number of nitrogens with zero attached hydrogens (tertiary/aromatic N) is 1. The molecular formula is C11H18N2O3S. The maximum atomic E-state index is 11.9. The average molecular weight is 258 g/mol. The van der Waals surface area contributed by atoms with Crippen molar-refractivity contribution in [2.75, 3.05) is 18.2 Å². The zero-order valence-corrected chi connectivity index (χ0v) is 10.5. The normalized spacial score (nSPS) is 25.4. The summed E-state index contributed by atoms with van der Waals surface area (Å²) in [5.41, 5.74) is 0. The highest BCUT2D eigenvalue weighted by molar-refractivity contribution is 7.99. The number of carbonyl (C=O) groups is 2. The molecule has 2 aliphatic rings. The molecule has 0 bridgehead atoms. The van der Waals surface area contributed by atoms with Crippen LogP contribution in [0.25, 0.3) is 0 Å². The molecule has 1 heterocycles. The Labute approximate surface area is 105 Å². The van der Waals surface area contributed by atoms with Crippen LogP contribution in [-0.2, 0) is 9.59 Å². The van der Waals surface area contributed by atoms with Crippen LogP contribution >= 0.6 is 11.8 Å². The summed E-state index contributed by atoms with van der Waals surface area (Å²) in [6.07, 6.45) is 4.71. The van der Waals surface area contributed by atoms with E-state index in [4.69, 9.17) is 5.11 Å². The van der Waals surface area contributed by atoms with Crippen molar-refractivity contribution >= 4 is 23.6 Å². The molecule has 1 aliphatic carbocycles. The molecule has 0 spiro atoms. The molecule has 2 N–H and O–H groups in total. The van der Waals surface area contributed by atoms with Crippen molar-refractivity contribution in [2.45, 2.75) is 37.8 Å². The summed E-state index contributed by atoms with van der Waals surface area (Å²) in [6.45, 7) is 0.273. The molecule has 0 aromatic carbocycles. The monoisotopic (exact) mass is 258 g/mol. The fraction of sp³-hybridized carbons (Fsp3) is 0.818. The van der Waals surface area contributed by atoms with Crippen molar-refractivity contribution in [3.05, 3.63) is 0 Å². The highest BCUT2D eigenvalue weighted by Crippen LogP contribution is 2.21. The highest BCUT2D eigenvalue weighted by Gasteiger charge is 2.34. The lowest BCUT2D eigenvalue weighted by atomic mass is 10.2. The number of carboxylic acid groups (broad SMARTS) is 1. The molecule has 17 heavy (non-hydrogen) atoms. The molecule has 5 nitrogen and oxygen atoms in total. The van der Waals surface area contributed by atoms with E-state index in [9.17, 15) is 9.59 Å². The van der Waals surface area contributed by atoms with E-state index in [0.717, 1.165) is 12.8 Å². The van der Waals surface area contributed by atoms with Gasteiger partial charge in [-0.3, -0.25) is 4.79 Å². The van der Waals surface area contributed by atoms with Gasteiger partial charge in [-0.15, -0.1) is 11.8 Å². The van der Waals surface area contributed by atoms with E-state index in [-0.39, 0.29) is 12.5 Å². The van der Waals surface area contributed by atoms with Gasteiger partial charge in [0.1, 0.15) is 6.04 Å². The van der Waals surface area contributed by atoms with Crippen LogP contribution in [0.2, 0.25) is 0 Å². The Morgan fingerprint density at radius 1 is 1.35 bits per heavy atom. The minimum Gasteiger partial charge on any atom is -0.480 e. The summed E-state index contributed by atoms with van der Waals surface area (Å²) in [5, 5.41) is 12.2. The minimum absolute atomic E-state index is 0.0886. The molecule has 1 amide bonds. The second-order valence-corrected chi connectivity index (χ2v) is 5.58. The Morgan fingerprint density at radius 3 is 2.71 bits per heavy atom. The molecule has 1 saturated carbocycles. The Bertz CT molecular complexity index is 305. The molecule has 1 saturated heterocycles. The van der Waals surface area contributed by atoms with Crippen LogP contribution in [0.5, 0.6) is 0 Å². The van der Waals surface area contributed by atoms with Gasteiger partial charge in [0.2, 0.25) is 5.91 Å². The number of carboxylic acids is 1. The van der Waals surface area contributed by atoms with E-state index in [1.807, 2.05) is 0 Å². The van der Waals surface area contributed by atoms with E-state index in [1.54, 1.807) is 0 Å². The van der Waals surface area contributed by atoms with Gasteiger partial charge in [-0.05, 0) is 12.8 Å². The largest absolute Gasteiger partial charge is 0.480 e. The third kappa shape index (κ3) is 3.13. The van der Waals surface area contributed by atoms with E-state index >= 15 is 0 Å². The van der Waals surface area contributed by atoms with Crippen molar-refractivity contribution in [1.82, 2.24) is 10.2 Å². The van der Waals surface area contributed by atoms with Crippen molar-refractivity contribution in [1.29, 1.82) is 0 Å². The summed E-state index contributed by atoms with van der Waals surface area (Å²) >= 11 is 1.50. The number of amides is 1. The first-order chi connectivity index (χ1) is 8.18. The van der Waals surface area contributed by atoms with Crippen LogP contribution in [0.1, 0.15) is 25.7 Å². The van der Waals surface area contributed by atoms with Gasteiger partial charge < -0.3 is 15.3 Å². The Morgan fingerprint density at radius 2 is 2.06 bits per heavy atom. The van der Waals surface area contributed by atoms with Crippen LogP contribution in [-0.4, -0.2) is 52.1 Å². The van der Waals surface area contributed by atoms with Gasteiger partial charge in [-0.2, -0.15) is 0 Å². The number of nitrogens with one attached hydrogen (secondary N) is 1. The Hall–Kier alpha value is -0.750. The van der Waals surface area contributed by atoms with E-state index in [2.05, 4.69) is 5.32 Å². The van der Waals surface area contributed by atoms with Gasteiger partial charge in [0.05, 0.1) is 12.4 Å². The zero-order chi connectivity index (χ0) is 12.3. The van der Waals surface area contributed by atoms with E-state index < -0.39 is 12.0 Å². The summed E-state index contributed by atoms with van der Waals surface area (Å²) in [6, 6.07) is -0.199. The number of carbonyl (C=O) groups excluding carboxylic acids is 1. The zero-order valence-electron chi connectivity index (χ0n) is 9.72. The van der Waals surface area contributed by atoms with Crippen molar-refractivity contribution < 1.29 is 14.7 Å². The summed E-state index contributed by atoms with van der Waals surface area (Å²) in [4.78, 5) is 24.3. The first-order valence-electron chi connectivity index (χ1n) is 6.02. The second kappa shape index (κ2) is 5.73. The smallest absolute Gasteiger partial charge is 0.327 e. The van der Waals surface area contributed by atoms with Crippen molar-refractivity contribution in [3.8, 4) is 0 Å². The molecule has 1 aliphatic heterocycles. The first-order valence-corrected chi connectivity index (χ1v) is 7.17. The highest BCUT2D eigenvalue weighted by atomic mass is 32.2. The lowest BCUT2D eigenvalue weighted by Gasteiger charge is -2.21. The SMILES string of the molecule is O=C(O)C1CSCN1C(=O)CNC1CCCC1. The predicted octanol–water partition coefficient (Wildman–Crippen LogP) is 0.505. The third-order valence-electron chi connectivity index (χ3n) is 3.38. The number of aliphatic carboxylic acids is 1. The van der Waals surface area contributed by atoms with Gasteiger partial charge in [0, 0.05) is 11.8 Å². The fourth-order valence-electron chi connectivity index (χ4n) is 2.36. The molecule has 1 unspecified atom stereocenters. The average Bonchev–Trinajstić information content (AvgIpc) is 2.96. The maximum Gasteiger partial charge on any atom is 0.327 e. The molecule has 0 aromatic rings. The molecule has 0 radical (unpaired) electrons. The van der Waals surface area contributed by atoms with Gasteiger partial charge in [-0.1, -0.05) is 12.8 Å². The van der Waals surface area contributed by atoms with Crippen molar-refractivity contribution in [2.24, 2.45) is 0 Å². The van der Waals surface area contributed by atoms with Crippen LogP contribution in [0.3, 0.4) is 0 Å². The standard InChI is InChI=1S/C11H18N2O3S/c14-10(5-12-8-3-1-2-4-8)13-7-17-6-9(13)11(15)16/h8-9,12H,1-7H2,(H,15,16). The Kier molecular flexibility index (Phi) is 4.28. The maximum absolute atomic E-state index is 11.9. The minimum atomic E-state index is -0.899. The van der Waals surface area contributed by atoms with Gasteiger partial charge in [0.25, 0.3) is 0 Å². The molecule has 0 aromatic heterocycles. The quantitative estimate of drug-likeness (QED) is 0.768. The molecule has 96 valence electrons. The summed E-state index contributed by atoms with van der Waals surface area (Å²) < 4.78 is 0. The molecule has 2 rings (SSSR count). The molecule has 2 fully saturated rings. The summed E-state index contributed by atoms with van der Waals surface area (Å²) in [7, 11) is 0. The number of hydrogen-bond acceptors (Lipinski definition) is 4. The Balaban J connectivity index is 1.80. The number of rotatable bonds is 4. The van der Waals surface area contributed by atoms with E-state index in [0.29, 0.717) is 17.7 Å². The van der Waals surface area contributed by atoms with Gasteiger partial charge in [-0.25, -0.2) is 4.79 Å². The molecule has 6 heteroatoms. The number of thioether (sulfide) groups is 1. The topological polar surface area (TPSA) is 69.6 Å². The van der Waals surface area contributed by atoms with Crippen molar-refractivity contribution in [3.63, 3.8) is 0 Å². The van der Waals surface area contributed by atoms with E-state index in [1.165, 1.54) is 29.5 Å². The van der Waals surface area contributed by atoms with Crippen LogP contribution < -0.4 is 5.32 Å². The van der Waals surface area contributed by atoms with Gasteiger partial charge >= 0.3 is 5.97 Å². The van der Waals surface area contributed by atoms with Crippen LogP contribution in [0, 0.1) is 0 Å². The van der Waals surface area contributed by atoms with Gasteiger partial charge in [0.15, 0.2) is 0 Å². The molecular weight excluding hydrogens is 240 g/mol. The first kappa shape index (κ1) is 12.7. The predicted molar refractivity (Wildman–Crippen MR) is 65.9 cm³/mol. The summed E-state index contributed by atoms with van der Waals surface area (Å²) in [5.74, 6) is 0.0191. The number of hydrogen-bond donors (Lipinski definition) is 2. The lowest BCUT2D eigenvalue weighted by Crippen LogP contribution is -2.46. The third-order valence-corrected chi connectivity index (χ3v) is 4.40. The fourth-order valence-corrected chi connectivity index (χ4v) is 3.53.